The second-order valence-electron chi connectivity index (χ2n) is 3.16. The van der Waals surface area contributed by atoms with Crippen molar-refractivity contribution in [2.24, 2.45) is 0 Å². The highest BCUT2D eigenvalue weighted by molar-refractivity contribution is 6.31. The lowest BCUT2D eigenvalue weighted by atomic mass is 10.2. The van der Waals surface area contributed by atoms with Gasteiger partial charge in [0.1, 0.15) is 0 Å². The molecule has 0 atom stereocenters. The van der Waals surface area contributed by atoms with Crippen LogP contribution in [0.1, 0.15) is 0 Å². The monoisotopic (exact) mass is 220 g/mol. The van der Waals surface area contributed by atoms with Crippen molar-refractivity contribution in [3.05, 3.63) is 33.7 Å². The molecule has 15 heavy (non-hydrogen) atoms. The summed E-state index contributed by atoms with van der Waals surface area (Å²) < 4.78 is 0. The second kappa shape index (κ2) is 2.80. The predicted molar refractivity (Wildman–Crippen MR) is 57.0 cm³/mol. The molecule has 0 fully saturated rings. The van der Waals surface area contributed by atoms with E-state index in [1.165, 1.54) is 0 Å². The average molecular weight is 221 g/mol. The van der Waals surface area contributed by atoms with Gasteiger partial charge < -0.3 is 4.98 Å². The average Bonchev–Trinajstić information content (AvgIpc) is 2.58. The van der Waals surface area contributed by atoms with Crippen LogP contribution >= 0.6 is 11.6 Å². The minimum absolute atomic E-state index is 0.299. The first kappa shape index (κ1) is 8.43. The molecule has 6 heteroatoms. The number of aromatic nitrogens is 4. The molecule has 2 N–H and O–H groups in total. The SMILES string of the molecule is O=c1[nH]c2nnc3ccc(Cl)cc3c2[nH]1. The molecule has 5 nitrogen and oxygen atoms in total. The smallest absolute Gasteiger partial charge is 0.304 e. The molecule has 1 aromatic carbocycles. The van der Waals surface area contributed by atoms with Gasteiger partial charge in [0, 0.05) is 10.4 Å². The van der Waals surface area contributed by atoms with E-state index in [0.717, 1.165) is 5.39 Å². The van der Waals surface area contributed by atoms with Crippen LogP contribution in [0.25, 0.3) is 22.1 Å². The van der Waals surface area contributed by atoms with Crippen LogP contribution in [0.3, 0.4) is 0 Å². The van der Waals surface area contributed by atoms with Crippen LogP contribution < -0.4 is 5.69 Å². The molecule has 3 rings (SSSR count). The Kier molecular flexibility index (Phi) is 1.58. The van der Waals surface area contributed by atoms with Crippen molar-refractivity contribution in [2.75, 3.05) is 0 Å². The largest absolute Gasteiger partial charge is 0.325 e. The van der Waals surface area contributed by atoms with E-state index in [9.17, 15) is 4.79 Å². The number of benzene rings is 1. The molecule has 0 spiro atoms. The van der Waals surface area contributed by atoms with Crippen molar-refractivity contribution in [2.45, 2.75) is 0 Å². The van der Waals surface area contributed by atoms with Crippen LogP contribution in [-0.2, 0) is 0 Å². The first-order valence-corrected chi connectivity index (χ1v) is 4.66. The van der Waals surface area contributed by atoms with Gasteiger partial charge >= 0.3 is 5.69 Å². The molecule has 0 amide bonds. The number of imidazole rings is 1. The molecule has 0 aliphatic carbocycles. The zero-order valence-electron chi connectivity index (χ0n) is 7.41. The number of fused-ring (bicyclic) bond motifs is 3. The third-order valence-corrected chi connectivity index (χ3v) is 2.43. The number of hydrogen-bond donors (Lipinski definition) is 2. The molecule has 74 valence electrons. The van der Waals surface area contributed by atoms with E-state index in [-0.39, 0.29) is 5.69 Å². The van der Waals surface area contributed by atoms with Crippen LogP contribution in [0, 0.1) is 0 Å². The van der Waals surface area contributed by atoms with E-state index in [4.69, 9.17) is 11.6 Å². The minimum atomic E-state index is -0.299. The van der Waals surface area contributed by atoms with Gasteiger partial charge in [-0.05, 0) is 18.2 Å². The third-order valence-electron chi connectivity index (χ3n) is 2.19. The number of halogens is 1. The van der Waals surface area contributed by atoms with Crippen molar-refractivity contribution in [1.82, 2.24) is 20.2 Å². The summed E-state index contributed by atoms with van der Waals surface area (Å²) in [6, 6.07) is 5.24. The lowest BCUT2D eigenvalue weighted by Gasteiger charge is -1.97. The Morgan fingerprint density at radius 2 is 2.07 bits per heavy atom. The molecule has 0 saturated heterocycles. The molecular formula is C9H5ClN4O. The van der Waals surface area contributed by atoms with E-state index in [1.54, 1.807) is 18.2 Å². The Hall–Kier alpha value is -1.88. The van der Waals surface area contributed by atoms with Crippen molar-refractivity contribution in [3.8, 4) is 0 Å². The number of hydrogen-bond acceptors (Lipinski definition) is 3. The third kappa shape index (κ3) is 1.20. The summed E-state index contributed by atoms with van der Waals surface area (Å²) >= 11 is 5.88. The molecular weight excluding hydrogens is 216 g/mol. The van der Waals surface area contributed by atoms with Gasteiger partial charge in [-0.1, -0.05) is 11.6 Å². The molecule has 2 aromatic heterocycles. The predicted octanol–water partition coefficient (Wildman–Crippen LogP) is 1.45. The standard InChI is InChI=1S/C9H5ClN4O/c10-4-1-2-6-5(3-4)7-8(14-13-6)12-9(15)11-7/h1-3H,(H2,11,12,14,15). The van der Waals surface area contributed by atoms with Gasteiger partial charge in [-0.15, -0.1) is 10.2 Å². The van der Waals surface area contributed by atoms with Crippen molar-refractivity contribution < 1.29 is 0 Å². The summed E-state index contributed by atoms with van der Waals surface area (Å²) in [5.41, 5.74) is 1.47. The lowest BCUT2D eigenvalue weighted by Crippen LogP contribution is -1.99. The molecule has 0 saturated carbocycles. The van der Waals surface area contributed by atoms with Gasteiger partial charge in [-0.3, -0.25) is 4.98 Å². The van der Waals surface area contributed by atoms with E-state index >= 15 is 0 Å². The van der Waals surface area contributed by atoms with Crippen LogP contribution in [0.4, 0.5) is 0 Å². The zero-order valence-corrected chi connectivity index (χ0v) is 8.17. The van der Waals surface area contributed by atoms with Gasteiger partial charge in [0.15, 0.2) is 5.65 Å². The van der Waals surface area contributed by atoms with Crippen molar-refractivity contribution >= 4 is 33.7 Å². The van der Waals surface area contributed by atoms with Crippen LogP contribution in [-0.4, -0.2) is 20.2 Å². The summed E-state index contributed by atoms with van der Waals surface area (Å²) in [6.45, 7) is 0. The van der Waals surface area contributed by atoms with E-state index in [2.05, 4.69) is 20.2 Å². The highest BCUT2D eigenvalue weighted by Gasteiger charge is 2.06. The number of H-pyrrole nitrogens is 2. The van der Waals surface area contributed by atoms with Crippen LogP contribution in [0.5, 0.6) is 0 Å². The quantitative estimate of drug-likeness (QED) is 0.602. The summed E-state index contributed by atoms with van der Waals surface area (Å²) in [4.78, 5) is 16.3. The molecule has 0 unspecified atom stereocenters. The molecule has 3 aromatic rings. The van der Waals surface area contributed by atoms with E-state index < -0.39 is 0 Å². The summed E-state index contributed by atoms with van der Waals surface area (Å²) in [7, 11) is 0. The van der Waals surface area contributed by atoms with Crippen LogP contribution in [0.2, 0.25) is 5.02 Å². The number of aromatic amines is 2. The first-order valence-electron chi connectivity index (χ1n) is 4.28. The minimum Gasteiger partial charge on any atom is -0.304 e. The fraction of sp³-hybridized carbons (Fsp3) is 0. The molecule has 2 heterocycles. The van der Waals surface area contributed by atoms with Gasteiger partial charge in [-0.2, -0.15) is 0 Å². The topological polar surface area (TPSA) is 74.4 Å². The van der Waals surface area contributed by atoms with Crippen molar-refractivity contribution in [1.29, 1.82) is 0 Å². The maximum absolute atomic E-state index is 11.1. The van der Waals surface area contributed by atoms with Crippen LogP contribution in [0.15, 0.2) is 23.0 Å². The highest BCUT2D eigenvalue weighted by atomic mass is 35.5. The highest BCUT2D eigenvalue weighted by Crippen LogP contribution is 2.21. The number of rotatable bonds is 0. The number of nitrogens with zero attached hydrogens (tertiary/aromatic N) is 2. The normalized spacial score (nSPS) is 11.3. The fourth-order valence-corrected chi connectivity index (χ4v) is 1.72. The second-order valence-corrected chi connectivity index (χ2v) is 3.60. The Morgan fingerprint density at radius 1 is 1.20 bits per heavy atom. The van der Waals surface area contributed by atoms with E-state index in [0.29, 0.717) is 21.7 Å². The lowest BCUT2D eigenvalue weighted by molar-refractivity contribution is 1.09. The Balaban J connectivity index is 2.62. The maximum atomic E-state index is 11.1. The summed E-state index contributed by atoms with van der Waals surface area (Å²) in [5.74, 6) is 0. The molecule has 0 bridgehead atoms. The Morgan fingerprint density at radius 3 is 2.93 bits per heavy atom. The molecule has 0 aliphatic rings. The van der Waals surface area contributed by atoms with E-state index in [1.807, 2.05) is 0 Å². The zero-order chi connectivity index (χ0) is 10.4. The first-order chi connectivity index (χ1) is 7.24. The molecule has 0 radical (unpaired) electrons. The Bertz CT molecular complexity index is 715. The van der Waals surface area contributed by atoms with Crippen molar-refractivity contribution in [3.63, 3.8) is 0 Å². The number of nitrogens with one attached hydrogen (secondary N) is 2. The van der Waals surface area contributed by atoms with Gasteiger partial charge in [0.25, 0.3) is 0 Å². The maximum Gasteiger partial charge on any atom is 0.325 e. The fourth-order valence-electron chi connectivity index (χ4n) is 1.54. The summed E-state index contributed by atoms with van der Waals surface area (Å²) in [6.07, 6.45) is 0. The summed E-state index contributed by atoms with van der Waals surface area (Å²) in [5, 5.41) is 9.22. The Labute approximate surface area is 88.1 Å². The van der Waals surface area contributed by atoms with Gasteiger partial charge in [0.2, 0.25) is 0 Å². The van der Waals surface area contributed by atoms with Gasteiger partial charge in [-0.25, -0.2) is 4.79 Å². The molecule has 0 aliphatic heterocycles. The van der Waals surface area contributed by atoms with Gasteiger partial charge in [0.05, 0.1) is 11.0 Å².